The molecule has 1 aromatic heterocycles. The van der Waals surface area contributed by atoms with E-state index in [0.717, 1.165) is 86.6 Å². The first-order chi connectivity index (χ1) is 20.1. The van der Waals surface area contributed by atoms with Crippen molar-refractivity contribution < 1.29 is 18.7 Å². The van der Waals surface area contributed by atoms with Crippen LogP contribution in [0.3, 0.4) is 0 Å². The zero-order valence-electron chi connectivity index (χ0n) is 23.7. The van der Waals surface area contributed by atoms with Gasteiger partial charge in [0.1, 0.15) is 23.9 Å². The molecule has 0 atom stereocenters. The van der Waals surface area contributed by atoms with Gasteiger partial charge in [-0.3, -0.25) is 9.69 Å². The molecular formula is C33H39FN4O3. The number of aryl methyl sites for hydroxylation is 1. The van der Waals surface area contributed by atoms with E-state index in [4.69, 9.17) is 9.47 Å². The monoisotopic (exact) mass is 558 g/mol. The molecule has 0 spiro atoms. The summed E-state index contributed by atoms with van der Waals surface area (Å²) in [6.45, 7) is 7.90. The number of para-hydroxylation sites is 2. The van der Waals surface area contributed by atoms with Gasteiger partial charge < -0.3 is 24.3 Å². The molecule has 7 nitrogen and oxygen atoms in total. The number of nitrogens with one attached hydrogen (secondary N) is 1. The van der Waals surface area contributed by atoms with Gasteiger partial charge in [0, 0.05) is 44.3 Å². The SMILES string of the molecule is COc1cccc2c(C(=O)NCc3cccc(F)c3)cn(CCCN3CCCN(CCOc4ccccc4)CC3)c12. The number of hydrogen-bond acceptors (Lipinski definition) is 5. The summed E-state index contributed by atoms with van der Waals surface area (Å²) >= 11 is 0. The number of rotatable bonds is 12. The van der Waals surface area contributed by atoms with Crippen LogP contribution < -0.4 is 14.8 Å². The Morgan fingerprint density at radius 2 is 1.68 bits per heavy atom. The molecule has 1 N–H and O–H groups in total. The Morgan fingerprint density at radius 1 is 0.902 bits per heavy atom. The second-order valence-electron chi connectivity index (χ2n) is 10.5. The van der Waals surface area contributed by atoms with Crippen LogP contribution in [-0.2, 0) is 13.1 Å². The molecule has 5 rings (SSSR count). The van der Waals surface area contributed by atoms with Gasteiger partial charge in [-0.1, -0.05) is 42.5 Å². The van der Waals surface area contributed by atoms with Crippen molar-refractivity contribution in [2.75, 3.05) is 53.0 Å². The van der Waals surface area contributed by atoms with Gasteiger partial charge in [0.2, 0.25) is 0 Å². The van der Waals surface area contributed by atoms with Gasteiger partial charge in [-0.15, -0.1) is 0 Å². The van der Waals surface area contributed by atoms with Crippen molar-refractivity contribution in [1.29, 1.82) is 0 Å². The van der Waals surface area contributed by atoms with Gasteiger partial charge in [0.05, 0.1) is 18.2 Å². The van der Waals surface area contributed by atoms with Crippen LogP contribution in [0.5, 0.6) is 11.5 Å². The number of methoxy groups -OCH3 is 1. The van der Waals surface area contributed by atoms with Crippen molar-refractivity contribution in [3.05, 3.63) is 95.9 Å². The Kier molecular flexibility index (Phi) is 9.88. The van der Waals surface area contributed by atoms with Gasteiger partial charge in [-0.2, -0.15) is 0 Å². The molecule has 0 aliphatic carbocycles. The van der Waals surface area contributed by atoms with Crippen LogP contribution in [0, 0.1) is 5.82 Å². The number of carbonyl (C=O) groups excluding carboxylic acids is 1. The van der Waals surface area contributed by atoms with Crippen LogP contribution >= 0.6 is 0 Å². The second kappa shape index (κ2) is 14.1. The number of benzene rings is 3. The Labute approximate surface area is 241 Å². The Balaban J connectivity index is 1.16. The van der Waals surface area contributed by atoms with E-state index in [9.17, 15) is 9.18 Å². The summed E-state index contributed by atoms with van der Waals surface area (Å²) in [4.78, 5) is 18.2. The lowest BCUT2D eigenvalue weighted by Gasteiger charge is -2.22. The van der Waals surface area contributed by atoms with Gasteiger partial charge in [0.15, 0.2) is 0 Å². The van der Waals surface area contributed by atoms with Crippen molar-refractivity contribution in [1.82, 2.24) is 19.7 Å². The summed E-state index contributed by atoms with van der Waals surface area (Å²) in [6, 6.07) is 22.1. The van der Waals surface area contributed by atoms with Crippen LogP contribution in [0.4, 0.5) is 4.39 Å². The van der Waals surface area contributed by atoms with Crippen molar-refractivity contribution >= 4 is 16.8 Å². The topological polar surface area (TPSA) is 59.0 Å². The minimum Gasteiger partial charge on any atom is -0.495 e. The van der Waals surface area contributed by atoms with E-state index < -0.39 is 0 Å². The molecule has 0 saturated carbocycles. The number of nitrogens with zero attached hydrogens (tertiary/aromatic N) is 3. The quantitative estimate of drug-likeness (QED) is 0.259. The number of carbonyl (C=O) groups is 1. The third kappa shape index (κ3) is 7.65. The summed E-state index contributed by atoms with van der Waals surface area (Å²) in [6.07, 6.45) is 4.02. The molecule has 216 valence electrons. The molecule has 1 fully saturated rings. The van der Waals surface area contributed by atoms with Crippen LogP contribution in [0.25, 0.3) is 10.9 Å². The zero-order chi connectivity index (χ0) is 28.4. The Hall–Kier alpha value is -3.88. The average molecular weight is 559 g/mol. The molecule has 1 aliphatic heterocycles. The van der Waals surface area contributed by atoms with E-state index in [1.165, 1.54) is 12.1 Å². The normalized spacial score (nSPS) is 14.6. The van der Waals surface area contributed by atoms with E-state index in [-0.39, 0.29) is 18.3 Å². The number of hydrogen-bond donors (Lipinski definition) is 1. The fourth-order valence-corrected chi connectivity index (χ4v) is 5.52. The van der Waals surface area contributed by atoms with E-state index in [0.29, 0.717) is 12.2 Å². The second-order valence-corrected chi connectivity index (χ2v) is 10.5. The molecule has 1 amide bonds. The molecule has 41 heavy (non-hydrogen) atoms. The highest BCUT2D eigenvalue weighted by Gasteiger charge is 2.19. The first-order valence-corrected chi connectivity index (χ1v) is 14.4. The largest absolute Gasteiger partial charge is 0.495 e. The van der Waals surface area contributed by atoms with Crippen molar-refractivity contribution in [3.8, 4) is 11.5 Å². The predicted octanol–water partition coefficient (Wildman–Crippen LogP) is 5.20. The van der Waals surface area contributed by atoms with Gasteiger partial charge >= 0.3 is 0 Å². The van der Waals surface area contributed by atoms with Crippen LogP contribution in [-0.4, -0.2) is 73.3 Å². The van der Waals surface area contributed by atoms with Gasteiger partial charge in [-0.25, -0.2) is 4.39 Å². The molecule has 2 heterocycles. The minimum atomic E-state index is -0.313. The summed E-state index contributed by atoms with van der Waals surface area (Å²) in [5.41, 5.74) is 2.24. The molecule has 1 aliphatic rings. The lowest BCUT2D eigenvalue weighted by molar-refractivity contribution is 0.0952. The number of amides is 1. The van der Waals surface area contributed by atoms with Crippen LogP contribution in [0.1, 0.15) is 28.8 Å². The first-order valence-electron chi connectivity index (χ1n) is 14.4. The summed E-state index contributed by atoms with van der Waals surface area (Å²) < 4.78 is 27.3. The number of ether oxygens (including phenoxy) is 2. The van der Waals surface area contributed by atoms with Crippen molar-refractivity contribution in [3.63, 3.8) is 0 Å². The third-order valence-electron chi connectivity index (χ3n) is 7.64. The minimum absolute atomic E-state index is 0.185. The maximum atomic E-state index is 13.6. The molecule has 4 aromatic rings. The summed E-state index contributed by atoms with van der Waals surface area (Å²) in [5.74, 6) is 1.17. The summed E-state index contributed by atoms with van der Waals surface area (Å²) in [5, 5.41) is 3.80. The lowest BCUT2D eigenvalue weighted by atomic mass is 10.1. The highest BCUT2D eigenvalue weighted by molar-refractivity contribution is 6.08. The lowest BCUT2D eigenvalue weighted by Crippen LogP contribution is -2.33. The number of fused-ring (bicyclic) bond motifs is 1. The van der Waals surface area contributed by atoms with E-state index in [2.05, 4.69) is 19.7 Å². The third-order valence-corrected chi connectivity index (χ3v) is 7.64. The Bertz CT molecular complexity index is 1420. The molecule has 0 radical (unpaired) electrons. The highest BCUT2D eigenvalue weighted by Crippen LogP contribution is 2.30. The van der Waals surface area contributed by atoms with Gasteiger partial charge in [-0.05, 0) is 68.4 Å². The predicted molar refractivity (Wildman–Crippen MR) is 160 cm³/mol. The maximum Gasteiger partial charge on any atom is 0.253 e. The van der Waals surface area contributed by atoms with Crippen LogP contribution in [0.15, 0.2) is 79.0 Å². The summed E-state index contributed by atoms with van der Waals surface area (Å²) in [7, 11) is 1.66. The first kappa shape index (κ1) is 28.6. The van der Waals surface area contributed by atoms with Crippen LogP contribution in [0.2, 0.25) is 0 Å². The van der Waals surface area contributed by atoms with E-state index in [1.807, 2.05) is 54.7 Å². The smallest absolute Gasteiger partial charge is 0.253 e. The molecule has 1 saturated heterocycles. The number of halogens is 1. The maximum absolute atomic E-state index is 13.6. The number of aromatic nitrogens is 1. The zero-order valence-corrected chi connectivity index (χ0v) is 23.7. The highest BCUT2D eigenvalue weighted by atomic mass is 19.1. The van der Waals surface area contributed by atoms with E-state index in [1.54, 1.807) is 19.2 Å². The molecule has 0 bridgehead atoms. The van der Waals surface area contributed by atoms with E-state index >= 15 is 0 Å². The van der Waals surface area contributed by atoms with Crippen molar-refractivity contribution in [2.45, 2.75) is 25.9 Å². The average Bonchev–Trinajstić information content (AvgIpc) is 3.22. The fraction of sp³-hybridized carbons (Fsp3) is 0.364. The fourth-order valence-electron chi connectivity index (χ4n) is 5.52. The standard InChI is InChI=1S/C33H39FN4O3/c1-40-31-14-6-13-29-30(33(39)35-24-26-9-5-10-27(34)23-26)25-38(32(29)31)18-8-17-36-15-7-16-37(20-19-36)21-22-41-28-11-3-2-4-12-28/h2-6,9-14,23,25H,7-8,15-22,24H2,1H3,(H,35,39). The van der Waals surface area contributed by atoms with Crippen molar-refractivity contribution in [2.24, 2.45) is 0 Å². The molecule has 8 heteroatoms. The van der Waals surface area contributed by atoms with Gasteiger partial charge in [0.25, 0.3) is 5.91 Å². The molecule has 3 aromatic carbocycles. The molecular weight excluding hydrogens is 519 g/mol. The Morgan fingerprint density at radius 3 is 2.46 bits per heavy atom. The molecule has 0 unspecified atom stereocenters.